The van der Waals surface area contributed by atoms with Crippen molar-refractivity contribution in [3.8, 4) is 11.3 Å². The Bertz CT molecular complexity index is 832. The van der Waals surface area contributed by atoms with Gasteiger partial charge in [0.1, 0.15) is 12.8 Å². The third kappa shape index (κ3) is 3.69. The number of rotatable bonds is 3. The van der Waals surface area contributed by atoms with E-state index in [4.69, 9.17) is 27.9 Å². The molecule has 0 amide bonds. The molecule has 0 bridgehead atoms. The molecule has 0 unspecified atom stereocenters. The lowest BCUT2D eigenvalue weighted by atomic mass is 10.0. The number of aryl methyl sites for hydroxylation is 2. The predicted octanol–water partition coefficient (Wildman–Crippen LogP) is 4.68. The topological polar surface area (TPSA) is 48.6 Å². The maximum Gasteiger partial charge on any atom is 0.434 e. The molecule has 0 aliphatic carbocycles. The molecule has 0 saturated carbocycles. The lowest BCUT2D eigenvalue weighted by Gasteiger charge is -2.11. The second-order valence-corrected chi connectivity index (χ2v) is 5.85. The highest BCUT2D eigenvalue weighted by molar-refractivity contribution is 6.35. The minimum absolute atomic E-state index is 0.0141. The molecule has 0 aliphatic heterocycles. The van der Waals surface area contributed by atoms with Gasteiger partial charge in [0.2, 0.25) is 0 Å². The number of aromatic nitrogens is 2. The summed E-state index contributed by atoms with van der Waals surface area (Å²) in [4.78, 5) is 4.68. The van der Waals surface area contributed by atoms with E-state index in [1.54, 1.807) is 13.0 Å². The summed E-state index contributed by atoms with van der Waals surface area (Å²) in [6.45, 7) is 1.68. The summed E-state index contributed by atoms with van der Waals surface area (Å²) >= 11 is 12.2. The molecule has 0 saturated heterocycles. The van der Waals surface area contributed by atoms with Gasteiger partial charge in [0.05, 0.1) is 22.7 Å². The second-order valence-electron chi connectivity index (χ2n) is 5.06. The highest BCUT2D eigenvalue weighted by Crippen LogP contribution is 2.41. The van der Waals surface area contributed by atoms with E-state index in [9.17, 15) is 13.2 Å². The molecule has 0 atom stereocenters. The van der Waals surface area contributed by atoms with Crippen molar-refractivity contribution in [3.63, 3.8) is 0 Å². The molecule has 0 aliphatic rings. The van der Waals surface area contributed by atoms with Crippen LogP contribution in [0.2, 0.25) is 10.0 Å². The van der Waals surface area contributed by atoms with Gasteiger partial charge in [-0.1, -0.05) is 23.2 Å². The number of nitrogens with zero attached hydrogens (tertiary/aromatic N) is 3. The van der Waals surface area contributed by atoms with Gasteiger partial charge in [0.15, 0.2) is 5.69 Å². The predicted molar refractivity (Wildman–Crippen MR) is 89.0 cm³/mol. The van der Waals surface area contributed by atoms with Gasteiger partial charge in [0.25, 0.3) is 5.90 Å². The molecule has 2 aromatic rings. The van der Waals surface area contributed by atoms with Crippen molar-refractivity contribution in [2.75, 3.05) is 14.2 Å². The van der Waals surface area contributed by atoms with Gasteiger partial charge in [-0.2, -0.15) is 18.3 Å². The monoisotopic (exact) mass is 395 g/mol. The smallest absolute Gasteiger partial charge is 0.434 e. The van der Waals surface area contributed by atoms with Gasteiger partial charge in [-0.25, -0.2) is 0 Å². The van der Waals surface area contributed by atoms with Gasteiger partial charge in [0, 0.05) is 12.6 Å². The highest BCUT2D eigenvalue weighted by Gasteiger charge is 2.39. The Kier molecular flexibility index (Phi) is 5.53. The highest BCUT2D eigenvalue weighted by atomic mass is 35.5. The van der Waals surface area contributed by atoms with Crippen molar-refractivity contribution >= 4 is 29.1 Å². The second kappa shape index (κ2) is 7.13. The number of hydrogen-bond donors (Lipinski definition) is 0. The van der Waals surface area contributed by atoms with E-state index in [1.807, 2.05) is 0 Å². The first kappa shape index (κ1) is 19.4. The Morgan fingerprint density at radius 2 is 1.88 bits per heavy atom. The maximum atomic E-state index is 13.1. The summed E-state index contributed by atoms with van der Waals surface area (Å²) in [7, 11) is 3.87. The van der Waals surface area contributed by atoms with Crippen LogP contribution in [0.5, 0.6) is 0 Å². The van der Waals surface area contributed by atoms with Crippen molar-refractivity contribution in [1.82, 2.24) is 9.78 Å². The van der Waals surface area contributed by atoms with E-state index in [1.165, 1.54) is 27.3 Å². The molecule has 1 heterocycles. The summed E-state index contributed by atoms with van der Waals surface area (Å²) in [6.07, 6.45) is -4.63. The standard InChI is InChI=1S/C15H14Cl2F3N3O2/c1-7-5-10(16)9(14(24-3)22-25-4)6-8(7)12-11(17)13(15(18,19)20)23(2)21-12/h5-6H,1-4H3/b22-14+. The van der Waals surface area contributed by atoms with E-state index < -0.39 is 16.9 Å². The lowest BCUT2D eigenvalue weighted by Crippen LogP contribution is -2.12. The summed E-state index contributed by atoms with van der Waals surface area (Å²) in [5.41, 5.74) is 0.256. The first-order valence-corrected chi connectivity index (χ1v) is 7.63. The van der Waals surface area contributed by atoms with Gasteiger partial charge < -0.3 is 9.57 Å². The van der Waals surface area contributed by atoms with Crippen molar-refractivity contribution < 1.29 is 22.7 Å². The molecule has 10 heteroatoms. The Morgan fingerprint density at radius 3 is 2.36 bits per heavy atom. The van der Waals surface area contributed by atoms with Crippen molar-refractivity contribution in [2.24, 2.45) is 12.2 Å². The van der Waals surface area contributed by atoms with Gasteiger partial charge in [-0.05, 0) is 29.8 Å². The molecule has 0 N–H and O–H groups in total. The largest absolute Gasteiger partial charge is 0.478 e. The van der Waals surface area contributed by atoms with Crippen LogP contribution in [0.4, 0.5) is 13.2 Å². The van der Waals surface area contributed by atoms with E-state index in [0.29, 0.717) is 26.4 Å². The molecule has 25 heavy (non-hydrogen) atoms. The normalized spacial score (nSPS) is 12.4. The average molecular weight is 396 g/mol. The van der Waals surface area contributed by atoms with Crippen LogP contribution in [-0.4, -0.2) is 29.9 Å². The fourth-order valence-corrected chi connectivity index (χ4v) is 3.02. The van der Waals surface area contributed by atoms with E-state index >= 15 is 0 Å². The van der Waals surface area contributed by atoms with Crippen LogP contribution < -0.4 is 0 Å². The van der Waals surface area contributed by atoms with Crippen LogP contribution in [0.3, 0.4) is 0 Å². The number of alkyl halides is 3. The Labute approximate surface area is 151 Å². The SMILES string of the molecule is CO/N=C(/OC)c1cc(-c2nn(C)c(C(F)(F)F)c2Cl)c(C)cc1Cl. The average Bonchev–Trinajstić information content (AvgIpc) is 2.80. The van der Waals surface area contributed by atoms with Gasteiger partial charge in [-0.3, -0.25) is 4.68 Å². The Morgan fingerprint density at radius 1 is 1.24 bits per heavy atom. The van der Waals surface area contributed by atoms with Crippen LogP contribution >= 0.6 is 23.2 Å². The Balaban J connectivity index is 2.71. The van der Waals surface area contributed by atoms with Crippen molar-refractivity contribution in [1.29, 1.82) is 0 Å². The van der Waals surface area contributed by atoms with Gasteiger partial charge >= 0.3 is 6.18 Å². The third-order valence-electron chi connectivity index (χ3n) is 3.43. The number of oxime groups is 1. The number of benzene rings is 1. The number of halogens is 5. The number of ether oxygens (including phenoxy) is 1. The summed E-state index contributed by atoms with van der Waals surface area (Å²) in [6, 6.07) is 3.07. The summed E-state index contributed by atoms with van der Waals surface area (Å²) in [5.74, 6) is 0.0665. The molecule has 5 nitrogen and oxygen atoms in total. The van der Waals surface area contributed by atoms with Crippen molar-refractivity contribution in [2.45, 2.75) is 13.1 Å². The van der Waals surface area contributed by atoms with E-state index in [-0.39, 0.29) is 11.6 Å². The minimum Gasteiger partial charge on any atom is -0.478 e. The van der Waals surface area contributed by atoms with Crippen LogP contribution in [0.15, 0.2) is 17.3 Å². The van der Waals surface area contributed by atoms with Gasteiger partial charge in [-0.15, -0.1) is 0 Å². The maximum absolute atomic E-state index is 13.1. The molecule has 0 spiro atoms. The number of hydrogen-bond acceptors (Lipinski definition) is 4. The first-order valence-electron chi connectivity index (χ1n) is 6.87. The fourth-order valence-electron chi connectivity index (χ4n) is 2.35. The molecular weight excluding hydrogens is 382 g/mol. The van der Waals surface area contributed by atoms with Crippen LogP contribution in [-0.2, 0) is 22.8 Å². The molecule has 1 aromatic heterocycles. The minimum atomic E-state index is -4.63. The first-order chi connectivity index (χ1) is 11.6. The van der Waals surface area contributed by atoms with Crippen LogP contribution in [0.25, 0.3) is 11.3 Å². The molecule has 1 aromatic carbocycles. The zero-order valence-electron chi connectivity index (χ0n) is 13.7. The zero-order valence-corrected chi connectivity index (χ0v) is 15.2. The lowest BCUT2D eigenvalue weighted by molar-refractivity contribution is -0.143. The number of methoxy groups -OCH3 is 1. The van der Waals surface area contributed by atoms with E-state index in [2.05, 4.69) is 15.1 Å². The summed E-state index contributed by atoms with van der Waals surface area (Å²) < 4.78 is 45.2. The quantitative estimate of drug-likeness (QED) is 0.430. The Hall–Kier alpha value is -1.93. The molecular formula is C15H14Cl2F3N3O2. The molecule has 2 rings (SSSR count). The van der Waals surface area contributed by atoms with Crippen LogP contribution in [0.1, 0.15) is 16.8 Å². The fraction of sp³-hybridized carbons (Fsp3) is 0.333. The zero-order chi connectivity index (χ0) is 18.9. The third-order valence-corrected chi connectivity index (χ3v) is 4.10. The van der Waals surface area contributed by atoms with E-state index in [0.717, 1.165) is 0 Å². The molecule has 0 radical (unpaired) electrons. The van der Waals surface area contributed by atoms with Crippen LogP contribution in [0, 0.1) is 6.92 Å². The molecule has 136 valence electrons. The molecule has 0 fully saturated rings. The summed E-state index contributed by atoms with van der Waals surface area (Å²) in [5, 5.41) is 7.42. The van der Waals surface area contributed by atoms with Crippen molar-refractivity contribution in [3.05, 3.63) is 39.0 Å².